The molecule has 2 aromatic rings. The molecule has 0 radical (unpaired) electrons. The summed E-state index contributed by atoms with van der Waals surface area (Å²) in [6.45, 7) is 4.37. The lowest BCUT2D eigenvalue weighted by atomic mass is 10.0. The van der Waals surface area contributed by atoms with Crippen LogP contribution in [0.4, 0.5) is 0 Å². The topological polar surface area (TPSA) is 48.6 Å². The Hall–Kier alpha value is -0.740. The molecule has 0 saturated heterocycles. The molecule has 0 fully saturated rings. The van der Waals surface area contributed by atoms with E-state index in [4.69, 9.17) is 11.6 Å². The minimum Gasteiger partial charge on any atom is -0.306 e. The van der Waals surface area contributed by atoms with Gasteiger partial charge in [-0.1, -0.05) is 29.8 Å². The van der Waals surface area contributed by atoms with Crippen LogP contribution in [0.3, 0.4) is 0 Å². The van der Waals surface area contributed by atoms with E-state index in [1.54, 1.807) is 0 Å². The molecule has 0 spiro atoms. The molecule has 1 unspecified atom stereocenters. The lowest BCUT2D eigenvalue weighted by Gasteiger charge is -2.13. The van der Waals surface area contributed by atoms with Gasteiger partial charge in [-0.15, -0.1) is 11.6 Å². The normalized spacial score (nSPS) is 13.4. The van der Waals surface area contributed by atoms with E-state index in [1.807, 2.05) is 12.1 Å². The fourth-order valence-corrected chi connectivity index (χ4v) is 3.01. The zero-order valence-electron chi connectivity index (χ0n) is 10.4. The number of aromatic nitrogens is 2. The van der Waals surface area contributed by atoms with E-state index in [0.717, 1.165) is 33.9 Å². The minimum atomic E-state index is -0.192. The second-order valence-electron chi connectivity index (χ2n) is 4.94. The number of halogens is 2. The van der Waals surface area contributed by atoms with E-state index in [0.29, 0.717) is 5.92 Å². The number of hydrogen-bond acceptors (Lipinski definition) is 1. The van der Waals surface area contributed by atoms with Gasteiger partial charge in [-0.25, -0.2) is 4.79 Å². The van der Waals surface area contributed by atoms with Gasteiger partial charge in [0.05, 0.1) is 16.4 Å². The van der Waals surface area contributed by atoms with Crippen LogP contribution in [0.25, 0.3) is 11.0 Å². The molecule has 0 saturated carbocycles. The predicted octanol–water partition coefficient (Wildman–Crippen LogP) is 4.33. The number of fused-ring (bicyclic) bond motifs is 1. The maximum atomic E-state index is 11.2. The van der Waals surface area contributed by atoms with Crippen LogP contribution in [0.15, 0.2) is 21.4 Å². The summed E-state index contributed by atoms with van der Waals surface area (Å²) in [4.78, 5) is 16.7. The van der Waals surface area contributed by atoms with Gasteiger partial charge in [0, 0.05) is 4.47 Å². The number of benzene rings is 1. The Morgan fingerprint density at radius 2 is 1.83 bits per heavy atom. The highest BCUT2D eigenvalue weighted by Gasteiger charge is 2.14. The van der Waals surface area contributed by atoms with E-state index in [-0.39, 0.29) is 11.1 Å². The number of aromatic amines is 2. The van der Waals surface area contributed by atoms with Gasteiger partial charge < -0.3 is 9.97 Å². The van der Waals surface area contributed by atoms with Crippen molar-refractivity contribution < 1.29 is 0 Å². The van der Waals surface area contributed by atoms with E-state index in [2.05, 4.69) is 39.7 Å². The fraction of sp³-hybridized carbons (Fsp3) is 0.462. The highest BCUT2D eigenvalue weighted by Crippen LogP contribution is 2.34. The summed E-state index contributed by atoms with van der Waals surface area (Å²) in [5.41, 5.74) is 2.43. The summed E-state index contributed by atoms with van der Waals surface area (Å²) in [5.74, 6) is 0.640. The first-order valence-corrected chi connectivity index (χ1v) is 7.26. The van der Waals surface area contributed by atoms with Crippen molar-refractivity contribution in [2.45, 2.75) is 32.1 Å². The van der Waals surface area contributed by atoms with Gasteiger partial charge in [-0.3, -0.25) is 0 Å². The average molecular weight is 332 g/mol. The van der Waals surface area contributed by atoms with Crippen molar-refractivity contribution in [3.05, 3.63) is 32.7 Å². The Kier molecular flexibility index (Phi) is 4.17. The molecule has 1 aromatic heterocycles. The second kappa shape index (κ2) is 5.49. The van der Waals surface area contributed by atoms with Gasteiger partial charge in [-0.05, 0) is 36.5 Å². The van der Waals surface area contributed by atoms with E-state index in [9.17, 15) is 4.79 Å². The molecule has 1 heterocycles. The van der Waals surface area contributed by atoms with Crippen LogP contribution in [-0.2, 0) is 0 Å². The summed E-state index contributed by atoms with van der Waals surface area (Å²) in [7, 11) is 0. The molecular weight excluding hydrogens is 316 g/mol. The van der Waals surface area contributed by atoms with Crippen molar-refractivity contribution in [1.82, 2.24) is 9.97 Å². The van der Waals surface area contributed by atoms with Crippen molar-refractivity contribution in [1.29, 1.82) is 0 Å². The van der Waals surface area contributed by atoms with Crippen LogP contribution < -0.4 is 5.69 Å². The Morgan fingerprint density at radius 1 is 1.22 bits per heavy atom. The lowest BCUT2D eigenvalue weighted by Crippen LogP contribution is -1.99. The van der Waals surface area contributed by atoms with Gasteiger partial charge >= 0.3 is 5.69 Å². The molecule has 0 aliphatic rings. The molecule has 1 atom stereocenters. The molecule has 0 aliphatic carbocycles. The maximum absolute atomic E-state index is 11.2. The van der Waals surface area contributed by atoms with Gasteiger partial charge in [0.1, 0.15) is 0 Å². The Labute approximate surface area is 119 Å². The summed E-state index contributed by atoms with van der Waals surface area (Å²) in [6.07, 6.45) is 2.01. The highest BCUT2D eigenvalue weighted by atomic mass is 79.9. The third-order valence-electron chi connectivity index (χ3n) is 2.97. The number of imidazole rings is 1. The minimum absolute atomic E-state index is 0.0374. The van der Waals surface area contributed by atoms with E-state index in [1.165, 1.54) is 0 Å². The lowest BCUT2D eigenvalue weighted by molar-refractivity contribution is 0.549. The van der Waals surface area contributed by atoms with Gasteiger partial charge in [0.25, 0.3) is 0 Å². The second-order valence-corrected chi connectivity index (χ2v) is 6.32. The molecule has 2 rings (SSSR count). The Morgan fingerprint density at radius 3 is 2.44 bits per heavy atom. The van der Waals surface area contributed by atoms with Crippen molar-refractivity contribution in [3.63, 3.8) is 0 Å². The summed E-state index contributed by atoms with van der Waals surface area (Å²) >= 11 is 9.94. The number of nitrogens with one attached hydrogen (secondary N) is 2. The predicted molar refractivity (Wildman–Crippen MR) is 79.3 cm³/mol. The third-order valence-corrected chi connectivity index (χ3v) is 4.11. The van der Waals surface area contributed by atoms with Crippen molar-refractivity contribution >= 4 is 38.6 Å². The van der Waals surface area contributed by atoms with Gasteiger partial charge in [0.15, 0.2) is 0 Å². The third kappa shape index (κ3) is 2.98. The first kappa shape index (κ1) is 13.7. The van der Waals surface area contributed by atoms with Crippen molar-refractivity contribution in [2.75, 3.05) is 0 Å². The first-order valence-electron chi connectivity index (χ1n) is 6.03. The number of rotatable bonds is 4. The molecule has 1 aromatic carbocycles. The van der Waals surface area contributed by atoms with Crippen molar-refractivity contribution in [2.24, 2.45) is 5.92 Å². The van der Waals surface area contributed by atoms with E-state index >= 15 is 0 Å². The van der Waals surface area contributed by atoms with Crippen LogP contribution in [0.1, 0.15) is 37.6 Å². The summed E-state index contributed by atoms with van der Waals surface area (Å²) in [5, 5.41) is -0.0374. The standard InChI is InChI=1S/C13H16BrClN2O/c1-7(2)3-4-10(15)8-5-11-12(6-9(8)14)17-13(18)16-11/h5-7,10H,3-4H2,1-2H3,(H2,16,17,18). The molecule has 2 N–H and O–H groups in total. The average Bonchev–Trinajstić information content (AvgIpc) is 2.64. The van der Waals surface area contributed by atoms with Gasteiger partial charge in [-0.2, -0.15) is 0 Å². The molecule has 0 bridgehead atoms. The zero-order valence-corrected chi connectivity index (χ0v) is 12.7. The van der Waals surface area contributed by atoms with Crippen LogP contribution in [0.5, 0.6) is 0 Å². The molecule has 5 heteroatoms. The maximum Gasteiger partial charge on any atom is 0.323 e. The smallest absolute Gasteiger partial charge is 0.306 e. The quantitative estimate of drug-likeness (QED) is 0.805. The molecule has 3 nitrogen and oxygen atoms in total. The van der Waals surface area contributed by atoms with Crippen LogP contribution >= 0.6 is 27.5 Å². The number of H-pyrrole nitrogens is 2. The van der Waals surface area contributed by atoms with Crippen molar-refractivity contribution in [3.8, 4) is 0 Å². The SMILES string of the molecule is CC(C)CCC(Cl)c1cc2[nH]c(=O)[nH]c2cc1Br. The molecular formula is C13H16BrClN2O. The number of hydrogen-bond donors (Lipinski definition) is 2. The Bertz CT molecular complexity index is 603. The molecule has 0 amide bonds. The first-order chi connectivity index (χ1) is 8.47. The zero-order chi connectivity index (χ0) is 13.3. The van der Waals surface area contributed by atoms with E-state index < -0.39 is 0 Å². The summed E-state index contributed by atoms with van der Waals surface area (Å²) < 4.78 is 0.939. The monoisotopic (exact) mass is 330 g/mol. The van der Waals surface area contributed by atoms with Crippen LogP contribution in [-0.4, -0.2) is 9.97 Å². The van der Waals surface area contributed by atoms with Crippen LogP contribution in [0, 0.1) is 5.92 Å². The fourth-order valence-electron chi connectivity index (χ4n) is 1.95. The van der Waals surface area contributed by atoms with Gasteiger partial charge in [0.2, 0.25) is 0 Å². The molecule has 98 valence electrons. The highest BCUT2D eigenvalue weighted by molar-refractivity contribution is 9.10. The summed E-state index contributed by atoms with van der Waals surface area (Å²) in [6, 6.07) is 3.84. The molecule has 0 aliphatic heterocycles. The van der Waals surface area contributed by atoms with Crippen LogP contribution in [0.2, 0.25) is 0 Å². The Balaban J connectivity index is 2.31. The number of alkyl halides is 1. The largest absolute Gasteiger partial charge is 0.323 e. The molecule has 18 heavy (non-hydrogen) atoms.